The van der Waals surface area contributed by atoms with E-state index in [4.69, 9.17) is 11.6 Å². The second-order valence-corrected chi connectivity index (χ2v) is 9.57. The molecule has 2 saturated heterocycles. The van der Waals surface area contributed by atoms with Gasteiger partial charge >= 0.3 is 5.97 Å². The molecule has 0 radical (unpaired) electrons. The van der Waals surface area contributed by atoms with Crippen molar-refractivity contribution < 1.29 is 38.1 Å². The van der Waals surface area contributed by atoms with Gasteiger partial charge in [-0.15, -0.1) is 0 Å². The average Bonchev–Trinajstić information content (AvgIpc) is 2.73. The van der Waals surface area contributed by atoms with E-state index in [9.17, 15) is 38.1 Å². The fraction of sp³-hybridized carbons (Fsp3) is 0.375. The number of phenolic OH excluding ortho intramolecular Hbond substituents is 2. The lowest BCUT2D eigenvalue weighted by molar-refractivity contribution is -0.156. The summed E-state index contributed by atoms with van der Waals surface area (Å²) in [5.41, 5.74) is -0.0781. The van der Waals surface area contributed by atoms with Crippen molar-refractivity contribution in [3.8, 4) is 11.5 Å². The molecule has 3 rings (SSSR count). The Balaban J connectivity index is 1.87. The zero-order chi connectivity index (χ0) is 21.0. The third-order valence-electron chi connectivity index (χ3n) is 4.92. The van der Waals surface area contributed by atoms with Crippen LogP contribution in [0.4, 0.5) is 0 Å². The first-order valence-electron chi connectivity index (χ1n) is 7.95. The lowest BCUT2D eigenvalue weighted by Crippen LogP contribution is -2.57. The summed E-state index contributed by atoms with van der Waals surface area (Å²) in [5.74, 6) is -3.93. The predicted molar refractivity (Wildman–Crippen MR) is 96.5 cm³/mol. The molecule has 0 saturated carbocycles. The molecular weight excluding hydrogens is 416 g/mol. The van der Waals surface area contributed by atoms with Gasteiger partial charge < -0.3 is 20.2 Å². The van der Waals surface area contributed by atoms with Crippen molar-refractivity contribution in [2.75, 3.05) is 6.54 Å². The number of β-lactam (4-membered cyclic amide) rings is 1. The maximum Gasteiger partial charge on any atom is 0.328 e. The van der Waals surface area contributed by atoms with Crippen molar-refractivity contribution in [1.82, 2.24) is 4.90 Å². The topological polar surface area (TPSA) is 162 Å². The van der Waals surface area contributed by atoms with Crippen LogP contribution in [-0.2, 0) is 19.4 Å². The van der Waals surface area contributed by atoms with E-state index in [-0.39, 0.29) is 17.0 Å². The normalized spacial score (nSPS) is 28.2. The van der Waals surface area contributed by atoms with E-state index in [0.29, 0.717) is 0 Å². The first-order chi connectivity index (χ1) is 12.9. The van der Waals surface area contributed by atoms with E-state index in [1.54, 1.807) is 0 Å². The zero-order valence-corrected chi connectivity index (χ0v) is 15.9. The summed E-state index contributed by atoms with van der Waals surface area (Å²) >= 11 is 5.68. The Bertz CT molecular complexity index is 1010. The van der Waals surface area contributed by atoms with Crippen LogP contribution in [0.2, 0.25) is 5.02 Å². The lowest BCUT2D eigenvalue weighted by atomic mass is 9.97. The molecule has 28 heavy (non-hydrogen) atoms. The number of phenols is 2. The van der Waals surface area contributed by atoms with Crippen LogP contribution >= 0.6 is 11.6 Å². The fourth-order valence-corrected chi connectivity index (χ4v) is 5.80. The van der Waals surface area contributed by atoms with Crippen LogP contribution in [0.5, 0.6) is 11.5 Å². The molecule has 2 fully saturated rings. The number of fused-ring (bicyclic) bond motifs is 1. The number of hydrogen-bond acceptors (Lipinski definition) is 8. The number of halogens is 1. The minimum atomic E-state index is -4.07. The third kappa shape index (κ3) is 2.73. The van der Waals surface area contributed by atoms with Crippen molar-refractivity contribution >= 4 is 45.3 Å². The smallest absolute Gasteiger partial charge is 0.328 e. The minimum absolute atomic E-state index is 0.0781. The molecule has 2 aliphatic rings. The SMILES string of the molecule is C[C@]1(C=NCC(=O)c2cc(O)c(O)c(Cl)c2)[C@H](C(=O)O)N2C(=O)C[C@H]2S1(=O)=O. The Hall–Kier alpha value is -2.66. The van der Waals surface area contributed by atoms with E-state index in [0.717, 1.165) is 30.2 Å². The van der Waals surface area contributed by atoms with Gasteiger partial charge in [0.25, 0.3) is 0 Å². The summed E-state index contributed by atoms with van der Waals surface area (Å²) in [6.07, 6.45) is 0.576. The first-order valence-corrected chi connectivity index (χ1v) is 9.87. The number of aliphatic carboxylic acids is 1. The van der Waals surface area contributed by atoms with Crippen LogP contribution in [0.1, 0.15) is 23.7 Å². The van der Waals surface area contributed by atoms with Crippen LogP contribution < -0.4 is 0 Å². The molecule has 3 atom stereocenters. The highest BCUT2D eigenvalue weighted by molar-refractivity contribution is 7.94. The number of nitrogens with zero attached hydrogens (tertiary/aromatic N) is 2. The third-order valence-corrected chi connectivity index (χ3v) is 7.87. The van der Waals surface area contributed by atoms with Crippen molar-refractivity contribution in [3.63, 3.8) is 0 Å². The molecule has 1 aromatic rings. The second-order valence-electron chi connectivity index (χ2n) is 6.65. The number of sulfone groups is 1. The number of aromatic hydroxyl groups is 2. The summed E-state index contributed by atoms with van der Waals surface area (Å²) < 4.78 is 23.4. The van der Waals surface area contributed by atoms with E-state index in [1.807, 2.05) is 0 Å². The van der Waals surface area contributed by atoms with Crippen LogP contribution in [-0.4, -0.2) is 75.2 Å². The number of carboxylic acid groups (broad SMARTS) is 1. The molecule has 150 valence electrons. The molecule has 1 amide bonds. The highest BCUT2D eigenvalue weighted by Gasteiger charge is 2.69. The quantitative estimate of drug-likeness (QED) is 0.258. The molecule has 0 aromatic heterocycles. The first kappa shape index (κ1) is 20.1. The van der Waals surface area contributed by atoms with Crippen LogP contribution in [0.25, 0.3) is 0 Å². The maximum absolute atomic E-state index is 12.7. The van der Waals surface area contributed by atoms with Crippen molar-refractivity contribution in [2.45, 2.75) is 29.5 Å². The van der Waals surface area contributed by atoms with E-state index in [2.05, 4.69) is 4.99 Å². The molecular formula is C16H15ClN2O8S. The number of carbonyl (C=O) groups is 3. The molecule has 12 heteroatoms. The number of hydrogen-bond donors (Lipinski definition) is 3. The fourth-order valence-electron chi connectivity index (χ4n) is 3.35. The summed E-state index contributed by atoms with van der Waals surface area (Å²) in [6.45, 7) is 0.584. The molecule has 0 aliphatic carbocycles. The van der Waals surface area contributed by atoms with Crippen LogP contribution in [0.3, 0.4) is 0 Å². The Morgan fingerprint density at radius 1 is 1.39 bits per heavy atom. The largest absolute Gasteiger partial charge is 0.504 e. The molecule has 1 aromatic carbocycles. The van der Waals surface area contributed by atoms with E-state index >= 15 is 0 Å². The van der Waals surface area contributed by atoms with Crippen molar-refractivity contribution in [1.29, 1.82) is 0 Å². The summed E-state index contributed by atoms with van der Waals surface area (Å²) in [6, 6.07) is 0.431. The number of carbonyl (C=O) groups excluding carboxylic acids is 2. The van der Waals surface area contributed by atoms with Gasteiger partial charge in [-0.1, -0.05) is 11.6 Å². The van der Waals surface area contributed by atoms with Gasteiger partial charge in [-0.2, -0.15) is 0 Å². The van der Waals surface area contributed by atoms with Gasteiger partial charge in [0, 0.05) is 11.8 Å². The van der Waals surface area contributed by atoms with Gasteiger partial charge in [0.1, 0.15) is 16.7 Å². The van der Waals surface area contributed by atoms with Crippen molar-refractivity contribution in [2.24, 2.45) is 4.99 Å². The molecule has 0 bridgehead atoms. The standard InChI is InChI=1S/C16H15ClN2O8S/c1-16(14(15(24)25)19-11(22)4-12(19)28(16,26)27)6-18-5-10(21)7-2-8(17)13(23)9(20)3-7/h2-3,6,12,14,20,23H,4-5H2,1H3,(H,24,25)/t12-,14+,16+/m1/s1. The molecule has 3 N–H and O–H groups in total. The van der Waals surface area contributed by atoms with Crippen molar-refractivity contribution in [3.05, 3.63) is 22.7 Å². The molecule has 2 aliphatic heterocycles. The van der Waals surface area contributed by atoms with Gasteiger partial charge in [0.05, 0.1) is 11.4 Å². The van der Waals surface area contributed by atoms with Gasteiger partial charge in [0.2, 0.25) is 5.91 Å². The van der Waals surface area contributed by atoms with Gasteiger partial charge in [0.15, 0.2) is 33.2 Å². The number of amides is 1. The lowest BCUT2D eigenvalue weighted by Gasteiger charge is -2.35. The number of carboxylic acids is 1. The maximum atomic E-state index is 12.7. The predicted octanol–water partition coefficient (Wildman–Crippen LogP) is 0.203. The number of ketones is 1. The number of aliphatic imine (C=N–C) groups is 1. The van der Waals surface area contributed by atoms with Gasteiger partial charge in [-0.25, -0.2) is 13.2 Å². The molecule has 2 heterocycles. The summed E-state index contributed by atoms with van der Waals surface area (Å²) in [4.78, 5) is 40.1. The molecule has 10 nitrogen and oxygen atoms in total. The van der Waals surface area contributed by atoms with Crippen LogP contribution in [0.15, 0.2) is 17.1 Å². The summed E-state index contributed by atoms with van der Waals surface area (Å²) in [7, 11) is -4.07. The monoisotopic (exact) mass is 430 g/mol. The van der Waals surface area contributed by atoms with Gasteiger partial charge in [-0.3, -0.25) is 14.6 Å². The Morgan fingerprint density at radius 2 is 2.04 bits per heavy atom. The van der Waals surface area contributed by atoms with Crippen LogP contribution in [0, 0.1) is 0 Å². The molecule has 0 unspecified atom stereocenters. The number of Topliss-reactive ketones (excluding diaryl/α,β-unsaturated/α-hetero) is 1. The van der Waals surface area contributed by atoms with E-state index < -0.39 is 61.7 Å². The Morgan fingerprint density at radius 3 is 2.57 bits per heavy atom. The second kappa shape index (κ2) is 6.45. The number of rotatable bonds is 5. The van der Waals surface area contributed by atoms with E-state index in [1.165, 1.54) is 0 Å². The Labute approximate surface area is 164 Å². The highest BCUT2D eigenvalue weighted by Crippen LogP contribution is 2.45. The summed E-state index contributed by atoms with van der Waals surface area (Å²) in [5, 5.41) is 26.9. The highest BCUT2D eigenvalue weighted by atomic mass is 35.5. The van der Waals surface area contributed by atoms with Gasteiger partial charge in [-0.05, 0) is 19.1 Å². The number of benzene rings is 1. The minimum Gasteiger partial charge on any atom is -0.504 e. The zero-order valence-electron chi connectivity index (χ0n) is 14.4. The molecule has 0 spiro atoms. The Kier molecular flexibility index (Phi) is 4.63. The average molecular weight is 431 g/mol.